The lowest BCUT2D eigenvalue weighted by molar-refractivity contribution is -0.113. The van der Waals surface area contributed by atoms with Crippen molar-refractivity contribution in [1.82, 2.24) is 0 Å². The highest BCUT2D eigenvalue weighted by Crippen LogP contribution is 2.17. The summed E-state index contributed by atoms with van der Waals surface area (Å²) in [6.45, 7) is 0. The molecule has 2 aromatic carbocycles. The zero-order chi connectivity index (χ0) is 14.4. The molecule has 0 spiro atoms. The van der Waals surface area contributed by atoms with Crippen molar-refractivity contribution in [3.05, 3.63) is 71.8 Å². The lowest BCUT2D eigenvalue weighted by Crippen LogP contribution is -2.06. The number of carbonyl (C=O) groups excluding carboxylic acids is 2. The van der Waals surface area contributed by atoms with E-state index in [1.807, 2.05) is 30.3 Å². The molecule has 0 aliphatic carbocycles. The van der Waals surface area contributed by atoms with Gasteiger partial charge in [-0.3, -0.25) is 9.59 Å². The van der Waals surface area contributed by atoms with Crippen LogP contribution in [-0.2, 0) is 4.79 Å². The van der Waals surface area contributed by atoms with Crippen LogP contribution in [0.25, 0.3) is 6.08 Å². The summed E-state index contributed by atoms with van der Waals surface area (Å²) in [7, 11) is 0. The second-order valence-corrected chi connectivity index (χ2v) is 4.33. The smallest absolute Gasteiger partial charge is 0.174 e. The molecule has 3 heteroatoms. The van der Waals surface area contributed by atoms with Gasteiger partial charge >= 0.3 is 0 Å². The molecule has 0 aliphatic heterocycles. The van der Waals surface area contributed by atoms with E-state index in [9.17, 15) is 14.7 Å². The Morgan fingerprint density at radius 3 is 2.30 bits per heavy atom. The number of hydrogen-bond acceptors (Lipinski definition) is 3. The van der Waals surface area contributed by atoms with Crippen LogP contribution in [0.5, 0.6) is 5.75 Å². The number of rotatable bonds is 5. The summed E-state index contributed by atoms with van der Waals surface area (Å²) in [5.41, 5.74) is 1.07. The number of ketones is 2. The molecule has 100 valence electrons. The molecular formula is C17H14O3. The maximum atomic E-state index is 11.9. The van der Waals surface area contributed by atoms with Crippen LogP contribution in [0.4, 0.5) is 0 Å². The van der Waals surface area contributed by atoms with Gasteiger partial charge in [0.05, 0.1) is 12.0 Å². The van der Waals surface area contributed by atoms with Crippen molar-refractivity contribution in [2.75, 3.05) is 0 Å². The molecule has 0 bridgehead atoms. The minimum absolute atomic E-state index is 0.0997. The summed E-state index contributed by atoms with van der Waals surface area (Å²) in [6, 6.07) is 15.6. The number of para-hydroxylation sites is 1. The lowest BCUT2D eigenvalue weighted by Gasteiger charge is -2.01. The summed E-state index contributed by atoms with van der Waals surface area (Å²) < 4.78 is 0. The molecule has 0 unspecified atom stereocenters. The molecule has 0 aromatic heterocycles. The normalized spacial score (nSPS) is 10.6. The second kappa shape index (κ2) is 6.48. The van der Waals surface area contributed by atoms with Crippen molar-refractivity contribution in [1.29, 1.82) is 0 Å². The molecule has 0 amide bonds. The third-order valence-electron chi connectivity index (χ3n) is 2.80. The molecule has 20 heavy (non-hydrogen) atoms. The van der Waals surface area contributed by atoms with Crippen molar-refractivity contribution in [3.8, 4) is 5.75 Å². The number of hydrogen-bond donors (Lipinski definition) is 1. The zero-order valence-corrected chi connectivity index (χ0v) is 10.8. The summed E-state index contributed by atoms with van der Waals surface area (Å²) in [6.07, 6.45) is 2.80. The Balaban J connectivity index is 2.00. The van der Waals surface area contributed by atoms with Crippen LogP contribution in [-0.4, -0.2) is 16.7 Å². The molecule has 0 heterocycles. The summed E-state index contributed by atoms with van der Waals surface area (Å²) in [4.78, 5) is 23.6. The van der Waals surface area contributed by atoms with E-state index in [4.69, 9.17) is 0 Å². The average molecular weight is 266 g/mol. The molecule has 0 fully saturated rings. The predicted octanol–water partition coefficient (Wildman–Crippen LogP) is 3.25. The molecule has 0 saturated heterocycles. The van der Waals surface area contributed by atoms with Crippen LogP contribution >= 0.6 is 0 Å². The Hall–Kier alpha value is -2.68. The van der Waals surface area contributed by atoms with Gasteiger partial charge in [-0.15, -0.1) is 0 Å². The number of allylic oxidation sites excluding steroid dienone is 1. The summed E-state index contributed by atoms with van der Waals surface area (Å²) in [5, 5.41) is 9.55. The Bertz CT molecular complexity index is 642. The first kappa shape index (κ1) is 13.7. The number of carbonyl (C=O) groups is 2. The van der Waals surface area contributed by atoms with Crippen LogP contribution in [0.2, 0.25) is 0 Å². The maximum absolute atomic E-state index is 11.9. The van der Waals surface area contributed by atoms with Gasteiger partial charge < -0.3 is 5.11 Å². The molecular weight excluding hydrogens is 252 g/mol. The number of benzene rings is 2. The van der Waals surface area contributed by atoms with Gasteiger partial charge in [-0.2, -0.15) is 0 Å². The van der Waals surface area contributed by atoms with E-state index in [1.165, 1.54) is 18.2 Å². The molecule has 2 rings (SSSR count). The second-order valence-electron chi connectivity index (χ2n) is 4.33. The van der Waals surface area contributed by atoms with Gasteiger partial charge in [-0.25, -0.2) is 0 Å². The maximum Gasteiger partial charge on any atom is 0.174 e. The summed E-state index contributed by atoms with van der Waals surface area (Å²) >= 11 is 0. The Morgan fingerprint density at radius 2 is 1.60 bits per heavy atom. The third-order valence-corrected chi connectivity index (χ3v) is 2.80. The van der Waals surface area contributed by atoms with E-state index < -0.39 is 0 Å². The SMILES string of the molecule is O=C(/C=C/c1ccccc1)CC(=O)c1ccccc1O. The van der Waals surface area contributed by atoms with Gasteiger partial charge in [0.15, 0.2) is 11.6 Å². The zero-order valence-electron chi connectivity index (χ0n) is 10.8. The Labute approximate surface area is 117 Å². The van der Waals surface area contributed by atoms with Gasteiger partial charge in [-0.1, -0.05) is 48.5 Å². The van der Waals surface area contributed by atoms with E-state index in [0.29, 0.717) is 0 Å². The molecule has 0 saturated carbocycles. The Kier molecular flexibility index (Phi) is 4.45. The van der Waals surface area contributed by atoms with Crippen LogP contribution in [0.3, 0.4) is 0 Å². The highest BCUT2D eigenvalue weighted by Gasteiger charge is 2.13. The molecule has 2 aromatic rings. The van der Waals surface area contributed by atoms with E-state index in [-0.39, 0.29) is 29.3 Å². The molecule has 1 N–H and O–H groups in total. The standard InChI is InChI=1S/C17H14O3/c18-14(11-10-13-6-2-1-3-7-13)12-17(20)15-8-4-5-9-16(15)19/h1-11,19H,12H2/b11-10+. The first-order valence-electron chi connectivity index (χ1n) is 6.24. The highest BCUT2D eigenvalue weighted by atomic mass is 16.3. The Morgan fingerprint density at radius 1 is 0.950 bits per heavy atom. The van der Waals surface area contributed by atoms with Gasteiger partial charge in [0.1, 0.15) is 5.75 Å². The monoisotopic (exact) mass is 266 g/mol. The minimum atomic E-state index is -0.384. The molecule has 0 aliphatic rings. The quantitative estimate of drug-likeness (QED) is 0.513. The van der Waals surface area contributed by atoms with Crippen LogP contribution in [0, 0.1) is 0 Å². The number of Topliss-reactive ketones (excluding diaryl/α,β-unsaturated/α-hetero) is 1. The minimum Gasteiger partial charge on any atom is -0.507 e. The first-order valence-corrected chi connectivity index (χ1v) is 6.24. The predicted molar refractivity (Wildman–Crippen MR) is 77.5 cm³/mol. The van der Waals surface area contributed by atoms with Gasteiger partial charge in [0, 0.05) is 0 Å². The van der Waals surface area contributed by atoms with Gasteiger partial charge in [0.25, 0.3) is 0 Å². The first-order chi connectivity index (χ1) is 9.66. The number of phenols is 1. The van der Waals surface area contributed by atoms with Gasteiger partial charge in [0.2, 0.25) is 0 Å². The molecule has 0 radical (unpaired) electrons. The van der Waals surface area contributed by atoms with Crippen LogP contribution in [0.15, 0.2) is 60.7 Å². The molecule has 3 nitrogen and oxygen atoms in total. The van der Waals surface area contributed by atoms with Crippen molar-refractivity contribution in [3.63, 3.8) is 0 Å². The highest BCUT2D eigenvalue weighted by molar-refractivity contribution is 6.13. The average Bonchev–Trinajstić information content (AvgIpc) is 2.46. The fraction of sp³-hybridized carbons (Fsp3) is 0.0588. The van der Waals surface area contributed by atoms with E-state index in [2.05, 4.69) is 0 Å². The van der Waals surface area contributed by atoms with E-state index in [0.717, 1.165) is 5.56 Å². The fourth-order valence-electron chi connectivity index (χ4n) is 1.78. The van der Waals surface area contributed by atoms with Crippen molar-refractivity contribution in [2.24, 2.45) is 0 Å². The summed E-state index contributed by atoms with van der Waals surface area (Å²) in [5.74, 6) is -0.773. The van der Waals surface area contributed by atoms with Gasteiger partial charge in [-0.05, 0) is 23.8 Å². The third kappa shape index (κ3) is 3.65. The van der Waals surface area contributed by atoms with Crippen molar-refractivity contribution < 1.29 is 14.7 Å². The fourth-order valence-corrected chi connectivity index (χ4v) is 1.78. The lowest BCUT2D eigenvalue weighted by atomic mass is 10.0. The number of phenolic OH excluding ortho intramolecular Hbond substituents is 1. The van der Waals surface area contributed by atoms with Crippen LogP contribution < -0.4 is 0 Å². The molecule has 0 atom stereocenters. The van der Waals surface area contributed by atoms with Crippen molar-refractivity contribution >= 4 is 17.6 Å². The van der Waals surface area contributed by atoms with Crippen molar-refractivity contribution in [2.45, 2.75) is 6.42 Å². The largest absolute Gasteiger partial charge is 0.507 e. The van der Waals surface area contributed by atoms with E-state index >= 15 is 0 Å². The topological polar surface area (TPSA) is 54.4 Å². The van der Waals surface area contributed by atoms with E-state index in [1.54, 1.807) is 18.2 Å². The number of aromatic hydroxyl groups is 1. The van der Waals surface area contributed by atoms with Crippen LogP contribution in [0.1, 0.15) is 22.3 Å².